The van der Waals surface area contributed by atoms with Gasteiger partial charge in [0.2, 0.25) is 0 Å². The zero-order valence-corrected chi connectivity index (χ0v) is 16.6. The van der Waals surface area contributed by atoms with Crippen LogP contribution < -0.4 is 5.32 Å². The number of carbonyl (C=O) groups is 1. The van der Waals surface area contributed by atoms with Crippen LogP contribution in [0.2, 0.25) is 0 Å². The van der Waals surface area contributed by atoms with E-state index in [0.29, 0.717) is 16.7 Å². The zero-order chi connectivity index (χ0) is 20.6. The number of rotatable bonds is 4. The van der Waals surface area contributed by atoms with E-state index in [1.54, 1.807) is 24.3 Å². The van der Waals surface area contributed by atoms with Gasteiger partial charge in [-0.3, -0.25) is 4.79 Å². The molecule has 1 aliphatic heterocycles. The SMILES string of the molecule is O=C(NCC1CCCO1)c1cnn2c(C(F)(F)F)cc(-c3ccc(Br)cc3)nc12. The molecule has 1 N–H and O–H groups in total. The van der Waals surface area contributed by atoms with Crippen molar-refractivity contribution in [2.24, 2.45) is 0 Å². The Balaban J connectivity index is 1.75. The molecule has 1 unspecified atom stereocenters. The number of benzene rings is 1. The van der Waals surface area contributed by atoms with Crippen molar-refractivity contribution in [3.05, 3.63) is 52.3 Å². The lowest BCUT2D eigenvalue weighted by atomic mass is 10.1. The van der Waals surface area contributed by atoms with Crippen LogP contribution in [0.25, 0.3) is 16.9 Å². The number of hydrogen-bond donors (Lipinski definition) is 1. The molecule has 3 aromatic rings. The summed E-state index contributed by atoms with van der Waals surface area (Å²) in [6.45, 7) is 0.930. The van der Waals surface area contributed by atoms with Crippen molar-refractivity contribution in [1.29, 1.82) is 0 Å². The molecule has 3 heterocycles. The maximum absolute atomic E-state index is 13.6. The second kappa shape index (κ2) is 7.75. The van der Waals surface area contributed by atoms with Gasteiger partial charge < -0.3 is 10.1 Å². The monoisotopic (exact) mass is 468 g/mol. The van der Waals surface area contributed by atoms with Gasteiger partial charge in [-0.25, -0.2) is 9.50 Å². The first kappa shape index (κ1) is 19.8. The quantitative estimate of drug-likeness (QED) is 0.626. The van der Waals surface area contributed by atoms with E-state index in [9.17, 15) is 18.0 Å². The van der Waals surface area contributed by atoms with Crippen LogP contribution in [-0.4, -0.2) is 39.8 Å². The average Bonchev–Trinajstić information content (AvgIpc) is 3.35. The molecule has 1 aromatic carbocycles. The van der Waals surface area contributed by atoms with E-state index in [0.717, 1.165) is 29.6 Å². The van der Waals surface area contributed by atoms with Crippen molar-refractivity contribution in [2.45, 2.75) is 25.1 Å². The fourth-order valence-corrected chi connectivity index (χ4v) is 3.46. The maximum atomic E-state index is 13.6. The number of halogens is 4. The first-order valence-corrected chi connectivity index (χ1v) is 9.74. The van der Waals surface area contributed by atoms with Crippen LogP contribution in [0.1, 0.15) is 28.9 Å². The summed E-state index contributed by atoms with van der Waals surface area (Å²) in [5.41, 5.74) is -0.576. The van der Waals surface area contributed by atoms with Gasteiger partial charge in [0.1, 0.15) is 5.56 Å². The molecule has 1 amide bonds. The largest absolute Gasteiger partial charge is 0.433 e. The lowest BCUT2D eigenvalue weighted by molar-refractivity contribution is -0.142. The molecule has 0 radical (unpaired) electrons. The number of nitrogens with one attached hydrogen (secondary N) is 1. The summed E-state index contributed by atoms with van der Waals surface area (Å²) in [7, 11) is 0. The van der Waals surface area contributed by atoms with Gasteiger partial charge in [-0.2, -0.15) is 18.3 Å². The van der Waals surface area contributed by atoms with Gasteiger partial charge in [-0.15, -0.1) is 0 Å². The Hall–Kier alpha value is -2.46. The van der Waals surface area contributed by atoms with E-state index in [4.69, 9.17) is 4.74 Å². The Bertz CT molecular complexity index is 1040. The van der Waals surface area contributed by atoms with Gasteiger partial charge in [0.25, 0.3) is 5.91 Å². The molecule has 1 atom stereocenters. The normalized spacial score (nSPS) is 17.0. The van der Waals surface area contributed by atoms with E-state index >= 15 is 0 Å². The number of hydrogen-bond acceptors (Lipinski definition) is 4. The molecular formula is C19H16BrF3N4O2. The molecule has 1 saturated heterocycles. The lowest BCUT2D eigenvalue weighted by Gasteiger charge is -2.12. The van der Waals surface area contributed by atoms with Crippen LogP contribution >= 0.6 is 15.9 Å². The molecule has 1 aliphatic rings. The standard InChI is InChI=1S/C19H16BrF3N4O2/c20-12-5-3-11(4-6-12)15-8-16(19(21,22)23)27-17(26-15)14(10-25-27)18(28)24-9-13-2-1-7-29-13/h3-6,8,10,13H,1-2,7,9H2,(H,24,28). The Morgan fingerprint density at radius 2 is 2.07 bits per heavy atom. The highest BCUT2D eigenvalue weighted by Crippen LogP contribution is 2.33. The Labute approximate surface area is 172 Å². The number of nitrogens with zero attached hydrogens (tertiary/aromatic N) is 3. The third-order valence-corrected chi connectivity index (χ3v) is 5.19. The van der Waals surface area contributed by atoms with Crippen molar-refractivity contribution >= 4 is 27.5 Å². The summed E-state index contributed by atoms with van der Waals surface area (Å²) >= 11 is 3.30. The van der Waals surface area contributed by atoms with Gasteiger partial charge in [-0.1, -0.05) is 28.1 Å². The van der Waals surface area contributed by atoms with Crippen molar-refractivity contribution in [3.63, 3.8) is 0 Å². The molecule has 152 valence electrons. The van der Waals surface area contributed by atoms with Gasteiger partial charge in [0.15, 0.2) is 11.3 Å². The second-order valence-electron chi connectivity index (χ2n) is 6.67. The van der Waals surface area contributed by atoms with Crippen LogP contribution in [0, 0.1) is 0 Å². The fourth-order valence-electron chi connectivity index (χ4n) is 3.20. The summed E-state index contributed by atoms with van der Waals surface area (Å²) in [5.74, 6) is -0.538. The van der Waals surface area contributed by atoms with Crippen LogP contribution in [0.3, 0.4) is 0 Å². The summed E-state index contributed by atoms with van der Waals surface area (Å²) in [6.07, 6.45) is -1.89. The second-order valence-corrected chi connectivity index (χ2v) is 7.59. The van der Waals surface area contributed by atoms with E-state index in [1.165, 1.54) is 0 Å². The smallest absolute Gasteiger partial charge is 0.376 e. The lowest BCUT2D eigenvalue weighted by Crippen LogP contribution is -2.31. The number of ether oxygens (including phenoxy) is 1. The molecule has 4 rings (SSSR count). The highest BCUT2D eigenvalue weighted by molar-refractivity contribution is 9.10. The van der Waals surface area contributed by atoms with Gasteiger partial charge >= 0.3 is 6.18 Å². The minimum atomic E-state index is -4.66. The topological polar surface area (TPSA) is 68.5 Å². The van der Waals surface area contributed by atoms with Crippen molar-refractivity contribution in [2.75, 3.05) is 13.2 Å². The molecule has 0 spiro atoms. The summed E-state index contributed by atoms with van der Waals surface area (Å²) in [4.78, 5) is 16.9. The summed E-state index contributed by atoms with van der Waals surface area (Å²) in [6, 6.07) is 7.64. The number of amides is 1. The fraction of sp³-hybridized carbons (Fsp3) is 0.316. The van der Waals surface area contributed by atoms with Gasteiger partial charge in [0, 0.05) is 23.2 Å². The predicted octanol–water partition coefficient (Wildman–Crippen LogP) is 4.09. The summed E-state index contributed by atoms with van der Waals surface area (Å²) < 4.78 is 47.8. The summed E-state index contributed by atoms with van der Waals surface area (Å²) in [5, 5.41) is 6.47. The zero-order valence-electron chi connectivity index (χ0n) is 15.0. The van der Waals surface area contributed by atoms with Crippen molar-refractivity contribution in [1.82, 2.24) is 19.9 Å². The van der Waals surface area contributed by atoms with Gasteiger partial charge in [0.05, 0.1) is 18.0 Å². The molecule has 0 bridgehead atoms. The number of aromatic nitrogens is 3. The van der Waals surface area contributed by atoms with Crippen LogP contribution in [0.4, 0.5) is 13.2 Å². The molecule has 6 nitrogen and oxygen atoms in total. The van der Waals surface area contributed by atoms with E-state index < -0.39 is 17.8 Å². The molecule has 2 aromatic heterocycles. The average molecular weight is 469 g/mol. The first-order chi connectivity index (χ1) is 13.8. The maximum Gasteiger partial charge on any atom is 0.433 e. The van der Waals surface area contributed by atoms with Crippen LogP contribution in [0.5, 0.6) is 0 Å². The van der Waals surface area contributed by atoms with Crippen molar-refractivity contribution in [3.8, 4) is 11.3 Å². The molecule has 10 heteroatoms. The van der Waals surface area contributed by atoms with E-state index in [2.05, 4.69) is 31.3 Å². The Kier molecular flexibility index (Phi) is 5.30. The highest BCUT2D eigenvalue weighted by atomic mass is 79.9. The highest BCUT2D eigenvalue weighted by Gasteiger charge is 2.36. The molecule has 1 fully saturated rings. The number of carbonyl (C=O) groups excluding carboxylic acids is 1. The molecule has 29 heavy (non-hydrogen) atoms. The van der Waals surface area contributed by atoms with Crippen LogP contribution in [-0.2, 0) is 10.9 Å². The number of alkyl halides is 3. The predicted molar refractivity (Wildman–Crippen MR) is 102 cm³/mol. The molecule has 0 aliphatic carbocycles. The minimum Gasteiger partial charge on any atom is -0.376 e. The third-order valence-electron chi connectivity index (χ3n) is 4.66. The molecule has 0 saturated carbocycles. The molecular weight excluding hydrogens is 453 g/mol. The van der Waals surface area contributed by atoms with E-state index in [1.807, 2.05) is 0 Å². The van der Waals surface area contributed by atoms with Crippen LogP contribution in [0.15, 0.2) is 41.0 Å². The van der Waals surface area contributed by atoms with Crippen molar-refractivity contribution < 1.29 is 22.7 Å². The minimum absolute atomic E-state index is 0.0209. The Morgan fingerprint density at radius 1 is 1.31 bits per heavy atom. The van der Waals surface area contributed by atoms with E-state index in [-0.39, 0.29) is 29.6 Å². The first-order valence-electron chi connectivity index (χ1n) is 8.94. The Morgan fingerprint density at radius 3 is 2.72 bits per heavy atom. The number of fused-ring (bicyclic) bond motifs is 1. The van der Waals surface area contributed by atoms with Gasteiger partial charge in [-0.05, 0) is 31.0 Å². The third kappa shape index (κ3) is 4.13.